The molecule has 1 N–H and O–H groups in total. The van der Waals surface area contributed by atoms with Crippen LogP contribution in [0.25, 0.3) is 0 Å². The van der Waals surface area contributed by atoms with Gasteiger partial charge in [-0.15, -0.1) is 0 Å². The van der Waals surface area contributed by atoms with Gasteiger partial charge >= 0.3 is 0 Å². The van der Waals surface area contributed by atoms with Crippen molar-refractivity contribution in [2.24, 2.45) is 0 Å². The number of rotatable bonds is 6. The summed E-state index contributed by atoms with van der Waals surface area (Å²) in [6.07, 6.45) is 1.79. The van der Waals surface area contributed by atoms with E-state index in [9.17, 15) is 0 Å². The average Bonchev–Trinajstić information content (AvgIpc) is 2.59. The Bertz CT molecular complexity index is 681. The van der Waals surface area contributed by atoms with Gasteiger partial charge < -0.3 is 15.0 Å². The number of ether oxygens (including phenoxy) is 1. The van der Waals surface area contributed by atoms with E-state index in [-0.39, 0.29) is 6.04 Å². The Morgan fingerprint density at radius 3 is 2.79 bits per heavy atom. The van der Waals surface area contributed by atoms with Crippen molar-refractivity contribution < 1.29 is 4.74 Å². The van der Waals surface area contributed by atoms with Gasteiger partial charge in [0, 0.05) is 30.6 Å². The van der Waals surface area contributed by atoms with Crippen LogP contribution in [-0.2, 0) is 4.74 Å². The van der Waals surface area contributed by atoms with Gasteiger partial charge in [0.2, 0.25) is 0 Å². The summed E-state index contributed by atoms with van der Waals surface area (Å²) >= 11 is 11.8. The highest BCUT2D eigenvalue weighted by atomic mass is 35.5. The van der Waals surface area contributed by atoms with Gasteiger partial charge in [-0.25, -0.2) is 0 Å². The molecule has 2 rings (SSSR count). The van der Waals surface area contributed by atoms with Gasteiger partial charge in [0.1, 0.15) is 0 Å². The smallest absolute Gasteiger partial charge is 0.174 e. The first-order valence-corrected chi connectivity index (χ1v) is 8.55. The third-order valence-corrected chi connectivity index (χ3v) is 4.55. The number of aryl methyl sites for hydroxylation is 1. The third kappa shape index (κ3) is 4.90. The zero-order valence-electron chi connectivity index (χ0n) is 14.1. The number of benzene rings is 1. The number of nitrogens with zero attached hydrogens (tertiary/aromatic N) is 2. The van der Waals surface area contributed by atoms with Gasteiger partial charge in [-0.3, -0.25) is 4.98 Å². The molecule has 24 heavy (non-hydrogen) atoms. The number of pyridine rings is 1. The fourth-order valence-electron chi connectivity index (χ4n) is 2.31. The summed E-state index contributed by atoms with van der Waals surface area (Å²) in [6, 6.07) is 11.7. The van der Waals surface area contributed by atoms with Gasteiger partial charge in [0.25, 0.3) is 0 Å². The molecule has 0 saturated heterocycles. The second-order valence-electron chi connectivity index (χ2n) is 5.51. The molecular weight excluding hydrogens is 342 g/mol. The van der Waals surface area contributed by atoms with Crippen LogP contribution in [0.3, 0.4) is 0 Å². The molecule has 0 aliphatic carbocycles. The quantitative estimate of drug-likeness (QED) is 0.767. The Morgan fingerprint density at radius 2 is 2.17 bits per heavy atom. The molecule has 0 spiro atoms. The van der Waals surface area contributed by atoms with Crippen molar-refractivity contribution in [3.63, 3.8) is 0 Å². The fourth-order valence-corrected chi connectivity index (χ4v) is 2.86. The summed E-state index contributed by atoms with van der Waals surface area (Å²) < 4.78 is 5.22. The number of halogens is 1. The van der Waals surface area contributed by atoms with Crippen molar-refractivity contribution in [1.82, 2.24) is 9.88 Å². The first-order chi connectivity index (χ1) is 11.5. The highest BCUT2D eigenvalue weighted by molar-refractivity contribution is 7.80. The Morgan fingerprint density at radius 1 is 1.38 bits per heavy atom. The van der Waals surface area contributed by atoms with Gasteiger partial charge in [0.15, 0.2) is 5.11 Å². The highest BCUT2D eigenvalue weighted by Gasteiger charge is 2.19. The van der Waals surface area contributed by atoms with Crippen LogP contribution < -0.4 is 5.32 Å². The maximum atomic E-state index is 6.19. The molecule has 6 heteroatoms. The number of nitrogens with one attached hydrogen (secondary N) is 1. The Hall–Kier alpha value is -1.69. The molecular formula is C18H22ClN3OS. The van der Waals surface area contributed by atoms with Crippen molar-refractivity contribution >= 4 is 34.6 Å². The van der Waals surface area contributed by atoms with E-state index in [2.05, 4.69) is 22.1 Å². The van der Waals surface area contributed by atoms with Crippen LogP contribution in [-0.4, -0.2) is 35.3 Å². The van der Waals surface area contributed by atoms with E-state index in [4.69, 9.17) is 28.6 Å². The summed E-state index contributed by atoms with van der Waals surface area (Å²) in [6.45, 7) is 5.29. The summed E-state index contributed by atoms with van der Waals surface area (Å²) in [5.41, 5.74) is 2.86. The lowest BCUT2D eigenvalue weighted by Crippen LogP contribution is -2.39. The van der Waals surface area contributed by atoms with Gasteiger partial charge in [-0.1, -0.05) is 23.7 Å². The van der Waals surface area contributed by atoms with E-state index in [0.29, 0.717) is 23.3 Å². The Labute approximate surface area is 153 Å². The molecule has 1 aromatic heterocycles. The van der Waals surface area contributed by atoms with Gasteiger partial charge in [-0.2, -0.15) is 0 Å². The minimum absolute atomic E-state index is 0.0299. The van der Waals surface area contributed by atoms with Crippen LogP contribution in [0.5, 0.6) is 0 Å². The molecule has 0 radical (unpaired) electrons. The van der Waals surface area contributed by atoms with Crippen molar-refractivity contribution in [1.29, 1.82) is 0 Å². The summed E-state index contributed by atoms with van der Waals surface area (Å²) in [7, 11) is 1.68. The second kappa shape index (κ2) is 8.97. The molecule has 1 aromatic carbocycles. The maximum Gasteiger partial charge on any atom is 0.174 e. The molecule has 0 bridgehead atoms. The third-order valence-electron chi connectivity index (χ3n) is 3.80. The Balaban J connectivity index is 2.16. The molecule has 0 unspecified atom stereocenters. The van der Waals surface area contributed by atoms with E-state index >= 15 is 0 Å². The van der Waals surface area contributed by atoms with Gasteiger partial charge in [0.05, 0.1) is 18.3 Å². The Kier molecular flexibility index (Phi) is 6.97. The monoisotopic (exact) mass is 363 g/mol. The van der Waals surface area contributed by atoms with Crippen LogP contribution in [0.1, 0.15) is 24.2 Å². The van der Waals surface area contributed by atoms with E-state index in [1.165, 1.54) is 0 Å². The molecule has 0 aliphatic heterocycles. The summed E-state index contributed by atoms with van der Waals surface area (Å²) in [4.78, 5) is 6.50. The maximum absolute atomic E-state index is 6.19. The largest absolute Gasteiger partial charge is 0.383 e. The SMILES string of the molecule is COCCN(C(=S)Nc1ccc(C)c(Cl)c1)[C@H](C)c1ccccn1. The molecule has 1 heterocycles. The van der Waals surface area contributed by atoms with Crippen LogP contribution in [0.15, 0.2) is 42.6 Å². The minimum Gasteiger partial charge on any atom is -0.383 e. The molecule has 0 saturated carbocycles. The predicted octanol–water partition coefficient (Wildman–Crippen LogP) is 4.45. The average molecular weight is 364 g/mol. The highest BCUT2D eigenvalue weighted by Crippen LogP contribution is 2.22. The lowest BCUT2D eigenvalue weighted by molar-refractivity contribution is 0.164. The van der Waals surface area contributed by atoms with Crippen LogP contribution in [0.4, 0.5) is 5.69 Å². The molecule has 0 aliphatic rings. The molecule has 4 nitrogen and oxygen atoms in total. The normalized spacial score (nSPS) is 11.8. The molecule has 0 fully saturated rings. The molecule has 0 amide bonds. The number of thiocarbonyl (C=S) groups is 1. The lowest BCUT2D eigenvalue weighted by Gasteiger charge is -2.31. The standard InChI is InChI=1S/C18H22ClN3OS/c1-13-7-8-15(12-16(13)19)21-18(24)22(10-11-23-3)14(2)17-6-4-5-9-20-17/h4-9,12,14H,10-11H2,1-3H3,(H,21,24)/t14-/m1/s1. The zero-order chi connectivity index (χ0) is 17.5. The van der Waals surface area contributed by atoms with E-state index in [0.717, 1.165) is 16.9 Å². The van der Waals surface area contributed by atoms with Crippen LogP contribution in [0.2, 0.25) is 5.02 Å². The molecule has 1 atom stereocenters. The first-order valence-electron chi connectivity index (χ1n) is 7.76. The van der Waals surface area contributed by atoms with Crippen molar-refractivity contribution in [2.45, 2.75) is 19.9 Å². The lowest BCUT2D eigenvalue weighted by atomic mass is 10.2. The van der Waals surface area contributed by atoms with Crippen LogP contribution >= 0.6 is 23.8 Å². The van der Waals surface area contributed by atoms with E-state index < -0.39 is 0 Å². The van der Waals surface area contributed by atoms with E-state index in [1.54, 1.807) is 13.3 Å². The number of anilines is 1. The number of aromatic nitrogens is 1. The second-order valence-corrected chi connectivity index (χ2v) is 6.30. The van der Waals surface area contributed by atoms with E-state index in [1.807, 2.05) is 43.3 Å². The first kappa shape index (κ1) is 18.6. The predicted molar refractivity (Wildman–Crippen MR) is 104 cm³/mol. The summed E-state index contributed by atoms with van der Waals surface area (Å²) in [5, 5.41) is 4.59. The number of methoxy groups -OCH3 is 1. The van der Waals surface area contributed by atoms with Crippen molar-refractivity contribution in [2.75, 3.05) is 25.6 Å². The number of hydrogen-bond acceptors (Lipinski definition) is 3. The van der Waals surface area contributed by atoms with Crippen molar-refractivity contribution in [3.8, 4) is 0 Å². The minimum atomic E-state index is 0.0299. The topological polar surface area (TPSA) is 37.4 Å². The fraction of sp³-hybridized carbons (Fsp3) is 0.333. The molecule has 2 aromatic rings. The van der Waals surface area contributed by atoms with Crippen molar-refractivity contribution in [3.05, 3.63) is 58.9 Å². The van der Waals surface area contributed by atoms with Crippen LogP contribution in [0, 0.1) is 6.92 Å². The zero-order valence-corrected chi connectivity index (χ0v) is 15.7. The molecule has 128 valence electrons. The summed E-state index contributed by atoms with van der Waals surface area (Å²) in [5.74, 6) is 0. The van der Waals surface area contributed by atoms with Gasteiger partial charge in [-0.05, 0) is 55.9 Å². The number of hydrogen-bond donors (Lipinski definition) is 1.